The largest absolute Gasteiger partial charge is 0.425 e. The number of hydrogen-bond acceptors (Lipinski definition) is 6. The molecule has 0 fully saturated rings. The summed E-state index contributed by atoms with van der Waals surface area (Å²) in [6.07, 6.45) is 3.06. The van der Waals surface area contributed by atoms with E-state index < -0.39 is 0 Å². The van der Waals surface area contributed by atoms with Crippen LogP contribution in [0.2, 0.25) is 0 Å². The SMILES string of the molecule is CC(=O)Oc1cn2ncnc(Nc3cccc(CO)c3)c2c1C. The fourth-order valence-corrected chi connectivity index (χ4v) is 2.37. The fourth-order valence-electron chi connectivity index (χ4n) is 2.37. The Labute approximate surface area is 132 Å². The van der Waals surface area contributed by atoms with Gasteiger partial charge in [0.2, 0.25) is 0 Å². The number of aromatic nitrogens is 3. The number of esters is 1. The van der Waals surface area contributed by atoms with Crippen molar-refractivity contribution in [2.45, 2.75) is 20.5 Å². The zero-order chi connectivity index (χ0) is 16.4. The third-order valence-corrected chi connectivity index (χ3v) is 3.41. The van der Waals surface area contributed by atoms with Crippen LogP contribution in [0.5, 0.6) is 5.75 Å². The minimum absolute atomic E-state index is 0.0323. The van der Waals surface area contributed by atoms with Gasteiger partial charge in [0.25, 0.3) is 0 Å². The molecule has 0 amide bonds. The molecule has 0 saturated heterocycles. The summed E-state index contributed by atoms with van der Waals surface area (Å²) in [6, 6.07) is 7.40. The molecule has 0 aliphatic carbocycles. The van der Waals surface area contributed by atoms with E-state index in [1.54, 1.807) is 10.7 Å². The topological polar surface area (TPSA) is 88.8 Å². The van der Waals surface area contributed by atoms with E-state index in [2.05, 4.69) is 15.4 Å². The van der Waals surface area contributed by atoms with E-state index >= 15 is 0 Å². The van der Waals surface area contributed by atoms with Crippen molar-refractivity contribution in [1.29, 1.82) is 0 Å². The van der Waals surface area contributed by atoms with Gasteiger partial charge in [0, 0.05) is 18.2 Å². The van der Waals surface area contributed by atoms with Crippen LogP contribution in [0.3, 0.4) is 0 Å². The number of rotatable bonds is 4. The van der Waals surface area contributed by atoms with Crippen molar-refractivity contribution in [2.24, 2.45) is 0 Å². The number of aliphatic hydroxyl groups excluding tert-OH is 1. The first-order valence-electron chi connectivity index (χ1n) is 7.06. The molecule has 2 N–H and O–H groups in total. The number of benzene rings is 1. The van der Waals surface area contributed by atoms with E-state index in [-0.39, 0.29) is 12.6 Å². The number of aliphatic hydroxyl groups is 1. The molecule has 7 heteroatoms. The van der Waals surface area contributed by atoms with Crippen molar-refractivity contribution in [3.8, 4) is 5.75 Å². The quantitative estimate of drug-likeness (QED) is 0.718. The molecule has 2 heterocycles. The van der Waals surface area contributed by atoms with Gasteiger partial charge in [-0.25, -0.2) is 9.50 Å². The van der Waals surface area contributed by atoms with E-state index in [4.69, 9.17) is 4.74 Å². The molecule has 23 heavy (non-hydrogen) atoms. The predicted molar refractivity (Wildman–Crippen MR) is 84.7 cm³/mol. The number of carbonyl (C=O) groups excluding carboxylic acids is 1. The molecule has 0 aliphatic rings. The van der Waals surface area contributed by atoms with Crippen LogP contribution in [0.15, 0.2) is 36.8 Å². The lowest BCUT2D eigenvalue weighted by Crippen LogP contribution is -2.01. The van der Waals surface area contributed by atoms with Gasteiger partial charge in [-0.3, -0.25) is 4.79 Å². The molecule has 0 radical (unpaired) electrons. The van der Waals surface area contributed by atoms with E-state index in [0.29, 0.717) is 11.6 Å². The Hall–Kier alpha value is -2.93. The van der Waals surface area contributed by atoms with E-state index in [9.17, 15) is 9.90 Å². The summed E-state index contributed by atoms with van der Waals surface area (Å²) >= 11 is 0. The molecule has 0 atom stereocenters. The number of anilines is 2. The highest BCUT2D eigenvalue weighted by molar-refractivity contribution is 5.80. The molecule has 118 valence electrons. The Morgan fingerprint density at radius 1 is 1.43 bits per heavy atom. The maximum absolute atomic E-state index is 11.2. The van der Waals surface area contributed by atoms with Gasteiger partial charge < -0.3 is 15.2 Å². The Bertz CT molecular complexity index is 873. The van der Waals surface area contributed by atoms with Gasteiger partial charge in [0.1, 0.15) is 11.8 Å². The van der Waals surface area contributed by atoms with Crippen molar-refractivity contribution < 1.29 is 14.6 Å². The zero-order valence-electron chi connectivity index (χ0n) is 12.8. The number of nitrogens with one attached hydrogen (secondary N) is 1. The molecule has 3 aromatic rings. The van der Waals surface area contributed by atoms with Gasteiger partial charge in [-0.2, -0.15) is 5.10 Å². The summed E-state index contributed by atoms with van der Waals surface area (Å²) in [7, 11) is 0. The number of carbonyl (C=O) groups is 1. The van der Waals surface area contributed by atoms with Crippen LogP contribution in [-0.2, 0) is 11.4 Å². The summed E-state index contributed by atoms with van der Waals surface area (Å²) in [5.74, 6) is 0.651. The zero-order valence-corrected chi connectivity index (χ0v) is 12.8. The number of hydrogen-bond donors (Lipinski definition) is 2. The van der Waals surface area contributed by atoms with Crippen LogP contribution in [0.1, 0.15) is 18.1 Å². The first-order valence-corrected chi connectivity index (χ1v) is 7.06. The summed E-state index contributed by atoms with van der Waals surface area (Å²) in [5.41, 5.74) is 3.08. The Balaban J connectivity index is 2.03. The maximum Gasteiger partial charge on any atom is 0.308 e. The van der Waals surface area contributed by atoms with Gasteiger partial charge in [0.15, 0.2) is 11.6 Å². The average Bonchev–Trinajstić information content (AvgIpc) is 2.84. The van der Waals surface area contributed by atoms with Gasteiger partial charge in [-0.1, -0.05) is 12.1 Å². The predicted octanol–water partition coefficient (Wildman–Crippen LogP) is 2.20. The molecule has 0 bridgehead atoms. The molecular formula is C16H16N4O3. The second-order valence-electron chi connectivity index (χ2n) is 5.10. The highest BCUT2D eigenvalue weighted by atomic mass is 16.5. The molecule has 0 saturated carbocycles. The summed E-state index contributed by atoms with van der Waals surface area (Å²) in [6.45, 7) is 3.16. The van der Waals surface area contributed by atoms with Crippen LogP contribution in [-0.4, -0.2) is 25.7 Å². The van der Waals surface area contributed by atoms with Crippen LogP contribution in [0.25, 0.3) is 5.52 Å². The van der Waals surface area contributed by atoms with Crippen molar-refractivity contribution >= 4 is 23.0 Å². The van der Waals surface area contributed by atoms with E-state index in [1.165, 1.54) is 13.3 Å². The summed E-state index contributed by atoms with van der Waals surface area (Å²) in [4.78, 5) is 15.4. The lowest BCUT2D eigenvalue weighted by atomic mass is 10.2. The molecular weight excluding hydrogens is 296 g/mol. The fraction of sp³-hybridized carbons (Fsp3) is 0.188. The molecule has 7 nitrogen and oxygen atoms in total. The standard InChI is InChI=1S/C16H16N4O3/c1-10-14(23-11(2)22)7-20-15(10)16(17-9-18-20)19-13-5-3-4-12(6-13)8-21/h3-7,9,21H,8H2,1-2H3,(H,17,18,19). The van der Waals surface area contributed by atoms with E-state index in [0.717, 1.165) is 22.3 Å². The Morgan fingerprint density at radius 2 is 2.26 bits per heavy atom. The van der Waals surface area contributed by atoms with Crippen LogP contribution in [0.4, 0.5) is 11.5 Å². The highest BCUT2D eigenvalue weighted by Gasteiger charge is 2.15. The number of aryl methyl sites for hydroxylation is 1. The Morgan fingerprint density at radius 3 is 3.00 bits per heavy atom. The van der Waals surface area contributed by atoms with Crippen molar-refractivity contribution in [3.63, 3.8) is 0 Å². The van der Waals surface area contributed by atoms with Gasteiger partial charge in [0.05, 0.1) is 12.8 Å². The summed E-state index contributed by atoms with van der Waals surface area (Å²) in [5, 5.41) is 16.6. The molecule has 2 aromatic heterocycles. The first kappa shape index (κ1) is 15.0. The molecule has 0 unspecified atom stereocenters. The number of nitrogens with zero attached hydrogens (tertiary/aromatic N) is 3. The number of ether oxygens (including phenoxy) is 1. The van der Waals surface area contributed by atoms with Crippen LogP contribution >= 0.6 is 0 Å². The minimum atomic E-state index is -0.387. The maximum atomic E-state index is 11.2. The average molecular weight is 312 g/mol. The first-order chi connectivity index (χ1) is 11.1. The lowest BCUT2D eigenvalue weighted by molar-refractivity contribution is -0.131. The van der Waals surface area contributed by atoms with Crippen molar-refractivity contribution in [3.05, 3.63) is 47.9 Å². The summed E-state index contributed by atoms with van der Waals surface area (Å²) < 4.78 is 6.79. The minimum Gasteiger partial charge on any atom is -0.425 e. The molecule has 3 rings (SSSR count). The third kappa shape index (κ3) is 3.00. The van der Waals surface area contributed by atoms with E-state index in [1.807, 2.05) is 31.2 Å². The van der Waals surface area contributed by atoms with Gasteiger partial charge >= 0.3 is 5.97 Å². The normalized spacial score (nSPS) is 10.7. The molecule has 0 spiro atoms. The van der Waals surface area contributed by atoms with Crippen LogP contribution < -0.4 is 10.1 Å². The van der Waals surface area contributed by atoms with Gasteiger partial charge in [-0.05, 0) is 24.6 Å². The lowest BCUT2D eigenvalue weighted by Gasteiger charge is -2.08. The van der Waals surface area contributed by atoms with Gasteiger partial charge in [-0.15, -0.1) is 0 Å². The highest BCUT2D eigenvalue weighted by Crippen LogP contribution is 2.29. The second-order valence-corrected chi connectivity index (χ2v) is 5.10. The molecule has 0 aliphatic heterocycles. The van der Waals surface area contributed by atoms with Crippen molar-refractivity contribution in [1.82, 2.24) is 14.6 Å². The van der Waals surface area contributed by atoms with Crippen molar-refractivity contribution in [2.75, 3.05) is 5.32 Å². The number of fused-ring (bicyclic) bond motifs is 1. The molecule has 1 aromatic carbocycles. The Kier molecular flexibility index (Phi) is 3.94. The smallest absolute Gasteiger partial charge is 0.308 e. The second kappa shape index (κ2) is 6.05. The third-order valence-electron chi connectivity index (χ3n) is 3.41. The van der Waals surface area contributed by atoms with Crippen LogP contribution in [0, 0.1) is 6.92 Å². The monoisotopic (exact) mass is 312 g/mol.